The van der Waals surface area contributed by atoms with E-state index in [0.29, 0.717) is 6.17 Å². The van der Waals surface area contributed by atoms with Crippen molar-refractivity contribution in [2.75, 3.05) is 19.7 Å². The molecule has 1 aliphatic rings. The number of allylic oxidation sites excluding steroid dienone is 2. The number of unbranched alkanes of at least 4 members (excludes halogenated alkanes) is 8. The summed E-state index contributed by atoms with van der Waals surface area (Å²) in [7, 11) is 0. The maximum atomic E-state index is 9.33. The van der Waals surface area contributed by atoms with Crippen LogP contribution in [0.4, 0.5) is 0 Å². The predicted octanol–water partition coefficient (Wildman–Crippen LogP) is 5.08. The zero-order valence-electron chi connectivity index (χ0n) is 16.2. The molecule has 0 saturated carbocycles. The van der Waals surface area contributed by atoms with Gasteiger partial charge in [0.05, 0.1) is 19.4 Å². The van der Waals surface area contributed by atoms with E-state index in [-0.39, 0.29) is 6.61 Å². The highest BCUT2D eigenvalue weighted by Gasteiger charge is 2.35. The molecular weight excluding hydrogens is 296 g/mol. The lowest BCUT2D eigenvalue weighted by Crippen LogP contribution is -2.54. The molecule has 0 aromatic rings. The largest absolute Gasteiger partial charge is 0.390 e. The van der Waals surface area contributed by atoms with Gasteiger partial charge in [0.1, 0.15) is 12.7 Å². The third-order valence-electron chi connectivity index (χ3n) is 5.38. The summed E-state index contributed by atoms with van der Waals surface area (Å²) >= 11 is 0. The number of nitrogens with zero attached hydrogens (tertiary/aromatic N) is 1. The van der Waals surface area contributed by atoms with Crippen molar-refractivity contribution >= 4 is 0 Å². The van der Waals surface area contributed by atoms with Crippen molar-refractivity contribution in [2.45, 2.75) is 90.6 Å². The van der Waals surface area contributed by atoms with Gasteiger partial charge < -0.3 is 10.4 Å². The Kier molecular flexibility index (Phi) is 11.9. The Balaban J connectivity index is 2.03. The SMILES string of the molecule is CCCCCCCCC/C=C/CCCC1NC=C[N+]1(CC)CCO. The molecule has 24 heavy (non-hydrogen) atoms. The number of aliphatic hydroxyl groups is 1. The molecule has 3 nitrogen and oxygen atoms in total. The van der Waals surface area contributed by atoms with Gasteiger partial charge in [-0.25, -0.2) is 0 Å². The number of nitrogens with one attached hydrogen (secondary N) is 1. The molecule has 0 radical (unpaired) electrons. The zero-order chi connectivity index (χ0) is 17.5. The monoisotopic (exact) mass is 337 g/mol. The quantitative estimate of drug-likeness (QED) is 0.248. The Hall–Kier alpha value is -0.800. The molecule has 0 saturated heterocycles. The normalized spacial score (nSPS) is 23.2. The average Bonchev–Trinajstić information content (AvgIpc) is 2.99. The van der Waals surface area contributed by atoms with Crippen LogP contribution in [-0.2, 0) is 0 Å². The minimum atomic E-state index is 0.259. The van der Waals surface area contributed by atoms with E-state index in [4.69, 9.17) is 0 Å². The van der Waals surface area contributed by atoms with E-state index < -0.39 is 0 Å². The van der Waals surface area contributed by atoms with Gasteiger partial charge in [0, 0.05) is 6.42 Å². The minimum absolute atomic E-state index is 0.259. The lowest BCUT2D eigenvalue weighted by Gasteiger charge is -2.36. The molecule has 2 N–H and O–H groups in total. The highest BCUT2D eigenvalue weighted by Crippen LogP contribution is 2.22. The van der Waals surface area contributed by atoms with Crippen LogP contribution in [0.15, 0.2) is 24.6 Å². The molecule has 3 heteroatoms. The second-order valence-corrected chi connectivity index (χ2v) is 7.18. The maximum absolute atomic E-state index is 9.33. The van der Waals surface area contributed by atoms with Crippen molar-refractivity contribution in [3.8, 4) is 0 Å². The second-order valence-electron chi connectivity index (χ2n) is 7.18. The minimum Gasteiger partial charge on any atom is -0.390 e. The van der Waals surface area contributed by atoms with Crippen molar-refractivity contribution in [3.63, 3.8) is 0 Å². The Morgan fingerprint density at radius 2 is 1.62 bits per heavy atom. The van der Waals surface area contributed by atoms with Gasteiger partial charge in [0.15, 0.2) is 6.17 Å². The first-order valence-electron chi connectivity index (χ1n) is 10.3. The fourth-order valence-corrected chi connectivity index (χ4v) is 3.68. The molecule has 0 bridgehead atoms. The molecule has 1 rings (SSSR count). The topological polar surface area (TPSA) is 32.3 Å². The van der Waals surface area contributed by atoms with E-state index in [1.54, 1.807) is 0 Å². The maximum Gasteiger partial charge on any atom is 0.166 e. The molecule has 0 fully saturated rings. The number of likely N-dealkylation sites (N-methyl/N-ethyl adjacent to an activating group) is 1. The van der Waals surface area contributed by atoms with Gasteiger partial charge in [0.25, 0.3) is 0 Å². The molecule has 2 unspecified atom stereocenters. The van der Waals surface area contributed by atoms with Crippen molar-refractivity contribution in [1.29, 1.82) is 0 Å². The number of quaternary nitrogens is 1. The first-order chi connectivity index (χ1) is 11.8. The smallest absolute Gasteiger partial charge is 0.166 e. The van der Waals surface area contributed by atoms with Crippen LogP contribution in [0, 0.1) is 0 Å². The van der Waals surface area contributed by atoms with Gasteiger partial charge in [-0.1, -0.05) is 57.6 Å². The zero-order valence-corrected chi connectivity index (χ0v) is 16.2. The molecule has 0 aromatic heterocycles. The number of hydrogen-bond acceptors (Lipinski definition) is 2. The number of hydrogen-bond donors (Lipinski definition) is 2. The standard InChI is InChI=1S/C21H41N2O/c1-3-5-6-7-8-9-10-11-12-13-14-15-16-21-22-17-18-23(21,4-2)19-20-24/h12-13,17-18,21-22,24H,3-11,14-16,19-20H2,1-2H3/q+1/b13-12+. The fraction of sp³-hybridized carbons (Fsp3) is 0.810. The van der Waals surface area contributed by atoms with E-state index in [1.165, 1.54) is 70.6 Å². The third kappa shape index (κ3) is 7.85. The highest BCUT2D eigenvalue weighted by molar-refractivity contribution is 4.86. The second kappa shape index (κ2) is 13.5. The van der Waals surface area contributed by atoms with Crippen molar-refractivity contribution in [3.05, 3.63) is 24.6 Å². The van der Waals surface area contributed by atoms with Crippen LogP contribution in [-0.4, -0.2) is 35.5 Å². The summed E-state index contributed by atoms with van der Waals surface area (Å²) in [6.07, 6.45) is 24.0. The van der Waals surface area contributed by atoms with Gasteiger partial charge in [-0.15, -0.1) is 0 Å². The summed E-state index contributed by atoms with van der Waals surface area (Å²) in [5, 5.41) is 12.8. The summed E-state index contributed by atoms with van der Waals surface area (Å²) in [6.45, 7) is 6.61. The first-order valence-corrected chi connectivity index (χ1v) is 10.3. The summed E-state index contributed by atoms with van der Waals surface area (Å²) in [6, 6.07) is 0. The number of rotatable bonds is 15. The van der Waals surface area contributed by atoms with Crippen LogP contribution in [0.1, 0.15) is 84.5 Å². The fourth-order valence-electron chi connectivity index (χ4n) is 3.68. The lowest BCUT2D eigenvalue weighted by molar-refractivity contribution is -0.900. The predicted molar refractivity (Wildman–Crippen MR) is 104 cm³/mol. The molecule has 0 spiro atoms. The van der Waals surface area contributed by atoms with Crippen LogP contribution in [0.5, 0.6) is 0 Å². The third-order valence-corrected chi connectivity index (χ3v) is 5.38. The van der Waals surface area contributed by atoms with Gasteiger partial charge in [-0.3, -0.25) is 4.48 Å². The molecule has 1 heterocycles. The van der Waals surface area contributed by atoms with E-state index in [9.17, 15) is 5.11 Å². The van der Waals surface area contributed by atoms with Crippen LogP contribution >= 0.6 is 0 Å². The van der Waals surface area contributed by atoms with Gasteiger partial charge in [0.2, 0.25) is 0 Å². The van der Waals surface area contributed by atoms with Crippen LogP contribution < -0.4 is 5.32 Å². The van der Waals surface area contributed by atoms with Crippen LogP contribution in [0.3, 0.4) is 0 Å². The summed E-state index contributed by atoms with van der Waals surface area (Å²) in [5.41, 5.74) is 0. The van der Waals surface area contributed by atoms with E-state index in [2.05, 4.69) is 43.7 Å². The molecule has 0 aliphatic carbocycles. The summed E-state index contributed by atoms with van der Waals surface area (Å²) in [5.74, 6) is 0. The molecule has 140 valence electrons. The van der Waals surface area contributed by atoms with Gasteiger partial charge >= 0.3 is 0 Å². The Morgan fingerprint density at radius 3 is 2.29 bits per heavy atom. The Morgan fingerprint density at radius 1 is 0.958 bits per heavy atom. The highest BCUT2D eigenvalue weighted by atomic mass is 16.3. The molecule has 0 amide bonds. The molecular formula is C21H41N2O+. The van der Waals surface area contributed by atoms with Crippen LogP contribution in [0.2, 0.25) is 0 Å². The molecule has 2 atom stereocenters. The van der Waals surface area contributed by atoms with Crippen molar-refractivity contribution in [1.82, 2.24) is 5.32 Å². The summed E-state index contributed by atoms with van der Waals surface area (Å²) in [4.78, 5) is 0. The molecule has 1 aliphatic heterocycles. The van der Waals surface area contributed by atoms with Crippen molar-refractivity contribution < 1.29 is 9.59 Å². The summed E-state index contributed by atoms with van der Waals surface area (Å²) < 4.78 is 0.887. The van der Waals surface area contributed by atoms with Crippen molar-refractivity contribution in [2.24, 2.45) is 0 Å². The van der Waals surface area contributed by atoms with E-state index in [1.807, 2.05) is 0 Å². The Bertz CT molecular complexity index is 354. The lowest BCUT2D eigenvalue weighted by atomic mass is 10.1. The Labute approximate surface area is 150 Å². The van der Waals surface area contributed by atoms with Gasteiger partial charge in [-0.05, 0) is 32.6 Å². The van der Waals surface area contributed by atoms with E-state index in [0.717, 1.165) is 17.6 Å². The molecule has 0 aromatic carbocycles. The first kappa shape index (κ1) is 21.2. The average molecular weight is 338 g/mol. The van der Waals surface area contributed by atoms with E-state index >= 15 is 0 Å². The van der Waals surface area contributed by atoms with Crippen LogP contribution in [0.25, 0.3) is 0 Å². The van der Waals surface area contributed by atoms with Gasteiger partial charge in [-0.2, -0.15) is 0 Å². The number of aliphatic hydroxyl groups excluding tert-OH is 1.